The zero-order valence-corrected chi connectivity index (χ0v) is 11.6. The molecule has 1 aromatic heterocycles. The molecule has 0 radical (unpaired) electrons. The van der Waals surface area contributed by atoms with E-state index in [0.29, 0.717) is 5.56 Å². The molecular weight excluding hydrogens is 302 g/mol. The highest BCUT2D eigenvalue weighted by atomic mass is 35.5. The highest BCUT2D eigenvalue weighted by Gasteiger charge is 2.16. The van der Waals surface area contributed by atoms with Gasteiger partial charge >= 0.3 is 11.4 Å². The summed E-state index contributed by atoms with van der Waals surface area (Å²) in [6.45, 7) is -0.0146. The van der Waals surface area contributed by atoms with Crippen LogP contribution in [-0.2, 0) is 6.54 Å². The van der Waals surface area contributed by atoms with Crippen molar-refractivity contribution in [2.24, 2.45) is 0 Å². The van der Waals surface area contributed by atoms with E-state index in [4.69, 9.17) is 16.3 Å². The molecule has 2 rings (SSSR count). The van der Waals surface area contributed by atoms with E-state index in [0.717, 1.165) is 10.6 Å². The Kier molecular flexibility index (Phi) is 4.08. The third-order valence-electron chi connectivity index (χ3n) is 2.76. The molecule has 0 amide bonds. The molecule has 2 aromatic rings. The summed E-state index contributed by atoms with van der Waals surface area (Å²) in [7, 11) is 1.32. The van der Waals surface area contributed by atoms with Crippen molar-refractivity contribution in [2.45, 2.75) is 6.54 Å². The summed E-state index contributed by atoms with van der Waals surface area (Å²) in [5.41, 5.74) is -1.05. The monoisotopic (exact) mass is 311 g/mol. The van der Waals surface area contributed by atoms with Crippen molar-refractivity contribution in [3.8, 4) is 5.75 Å². The van der Waals surface area contributed by atoms with Gasteiger partial charge in [-0.25, -0.2) is 4.79 Å². The van der Waals surface area contributed by atoms with E-state index in [-0.39, 0.29) is 23.1 Å². The lowest BCUT2D eigenvalue weighted by Gasteiger charge is -2.08. The first-order valence-electron chi connectivity index (χ1n) is 5.73. The smallest absolute Gasteiger partial charge is 0.329 e. The molecule has 0 atom stereocenters. The number of nitro groups is 1. The number of halogens is 1. The number of rotatable bonds is 4. The van der Waals surface area contributed by atoms with Crippen LogP contribution in [0, 0.1) is 10.1 Å². The summed E-state index contributed by atoms with van der Waals surface area (Å²) < 4.78 is 5.98. The van der Waals surface area contributed by atoms with E-state index in [9.17, 15) is 19.7 Å². The molecule has 0 spiro atoms. The van der Waals surface area contributed by atoms with Crippen LogP contribution in [0.4, 0.5) is 5.69 Å². The van der Waals surface area contributed by atoms with Gasteiger partial charge in [0.1, 0.15) is 5.15 Å². The van der Waals surface area contributed by atoms with Crippen LogP contribution in [0.15, 0.2) is 33.9 Å². The summed E-state index contributed by atoms with van der Waals surface area (Å²) in [5.74, 6) is 0.115. The summed E-state index contributed by atoms with van der Waals surface area (Å²) in [5, 5.41) is 10.9. The molecule has 0 fully saturated rings. The fourth-order valence-corrected chi connectivity index (χ4v) is 2.03. The van der Waals surface area contributed by atoms with Gasteiger partial charge in [-0.15, -0.1) is 0 Å². The Morgan fingerprint density at radius 1 is 1.38 bits per heavy atom. The van der Waals surface area contributed by atoms with Crippen LogP contribution in [0.5, 0.6) is 5.75 Å². The Bertz CT molecular complexity index is 811. The number of aromatic amines is 1. The summed E-state index contributed by atoms with van der Waals surface area (Å²) in [6.07, 6.45) is 0. The van der Waals surface area contributed by atoms with E-state index in [1.54, 1.807) is 6.07 Å². The second-order valence-electron chi connectivity index (χ2n) is 4.11. The molecule has 0 bridgehead atoms. The molecule has 0 saturated heterocycles. The standard InChI is InChI=1S/C12H10ClN3O5/c1-21-9-3-2-7(4-8(9)16(19)20)6-15-10(13)5-11(17)14-12(15)18/h2-5H,6H2,1H3,(H,14,17,18). The van der Waals surface area contributed by atoms with Gasteiger partial charge in [-0.05, 0) is 11.6 Å². The van der Waals surface area contributed by atoms with Gasteiger partial charge < -0.3 is 4.74 Å². The summed E-state index contributed by atoms with van der Waals surface area (Å²) in [4.78, 5) is 35.2. The first-order valence-corrected chi connectivity index (χ1v) is 6.11. The van der Waals surface area contributed by atoms with Gasteiger partial charge in [-0.3, -0.25) is 24.5 Å². The maximum atomic E-state index is 11.7. The first-order chi connectivity index (χ1) is 9.92. The van der Waals surface area contributed by atoms with Crippen LogP contribution in [0.25, 0.3) is 0 Å². The lowest BCUT2D eigenvalue weighted by atomic mass is 10.2. The molecular formula is C12H10ClN3O5. The van der Waals surface area contributed by atoms with Crippen LogP contribution in [-0.4, -0.2) is 21.6 Å². The fraction of sp³-hybridized carbons (Fsp3) is 0.167. The van der Waals surface area contributed by atoms with Gasteiger partial charge in [-0.1, -0.05) is 17.7 Å². The molecule has 8 nitrogen and oxygen atoms in total. The zero-order chi connectivity index (χ0) is 15.6. The minimum atomic E-state index is -0.689. The fourth-order valence-electron chi connectivity index (χ4n) is 1.80. The number of hydrogen-bond donors (Lipinski definition) is 1. The van der Waals surface area contributed by atoms with Gasteiger partial charge in [0, 0.05) is 12.1 Å². The third kappa shape index (κ3) is 3.11. The minimum absolute atomic E-state index is 0.0146. The molecule has 9 heteroatoms. The highest BCUT2D eigenvalue weighted by molar-refractivity contribution is 6.29. The predicted molar refractivity (Wildman–Crippen MR) is 75.1 cm³/mol. The molecule has 0 aliphatic heterocycles. The van der Waals surface area contributed by atoms with Crippen LogP contribution in [0.3, 0.4) is 0 Å². The minimum Gasteiger partial charge on any atom is -0.490 e. The SMILES string of the molecule is COc1ccc(Cn2c(Cl)cc(=O)[nH]c2=O)cc1[N+](=O)[O-]. The number of nitrogens with zero attached hydrogens (tertiary/aromatic N) is 2. The normalized spacial score (nSPS) is 10.4. The van der Waals surface area contributed by atoms with E-state index in [1.807, 2.05) is 0 Å². The number of aromatic nitrogens is 2. The van der Waals surface area contributed by atoms with Gasteiger partial charge in [0.15, 0.2) is 5.75 Å². The van der Waals surface area contributed by atoms with Crippen molar-refractivity contribution in [3.63, 3.8) is 0 Å². The molecule has 0 aliphatic carbocycles. The Morgan fingerprint density at radius 3 is 2.67 bits per heavy atom. The lowest BCUT2D eigenvalue weighted by Crippen LogP contribution is -2.30. The van der Waals surface area contributed by atoms with Gasteiger partial charge in [0.05, 0.1) is 18.6 Å². The molecule has 21 heavy (non-hydrogen) atoms. The zero-order valence-electron chi connectivity index (χ0n) is 10.8. The average Bonchev–Trinajstić information content (AvgIpc) is 2.42. The van der Waals surface area contributed by atoms with Crippen molar-refractivity contribution in [2.75, 3.05) is 7.11 Å². The molecule has 0 aliphatic rings. The van der Waals surface area contributed by atoms with Gasteiger partial charge in [0.2, 0.25) is 0 Å². The third-order valence-corrected chi connectivity index (χ3v) is 3.08. The molecule has 1 aromatic carbocycles. The predicted octanol–water partition coefficient (Wildman–Crippen LogP) is 1.16. The van der Waals surface area contributed by atoms with E-state index in [1.165, 1.54) is 19.2 Å². The lowest BCUT2D eigenvalue weighted by molar-refractivity contribution is -0.385. The first kappa shape index (κ1) is 14.8. The molecule has 1 N–H and O–H groups in total. The Balaban J connectivity index is 2.46. The van der Waals surface area contributed by atoms with Crippen LogP contribution < -0.4 is 16.0 Å². The van der Waals surface area contributed by atoms with E-state index < -0.39 is 16.2 Å². The number of methoxy groups -OCH3 is 1. The Labute approximate surface area is 122 Å². The Hall–Kier alpha value is -2.61. The number of benzene rings is 1. The van der Waals surface area contributed by atoms with Crippen molar-refractivity contribution >= 4 is 17.3 Å². The summed E-state index contributed by atoms with van der Waals surface area (Å²) in [6, 6.07) is 5.34. The number of nitro benzene ring substituents is 1. The second-order valence-corrected chi connectivity index (χ2v) is 4.50. The largest absolute Gasteiger partial charge is 0.490 e. The Morgan fingerprint density at radius 2 is 2.10 bits per heavy atom. The van der Waals surface area contributed by atoms with Crippen LogP contribution in [0.2, 0.25) is 5.15 Å². The van der Waals surface area contributed by atoms with Crippen molar-refractivity contribution in [1.29, 1.82) is 0 Å². The topological polar surface area (TPSA) is 107 Å². The maximum Gasteiger partial charge on any atom is 0.329 e. The van der Waals surface area contributed by atoms with Crippen LogP contribution >= 0.6 is 11.6 Å². The molecule has 0 unspecified atom stereocenters. The highest BCUT2D eigenvalue weighted by Crippen LogP contribution is 2.27. The van der Waals surface area contributed by atoms with Gasteiger partial charge in [-0.2, -0.15) is 0 Å². The molecule has 110 valence electrons. The van der Waals surface area contributed by atoms with Crippen molar-refractivity contribution in [1.82, 2.24) is 9.55 Å². The maximum absolute atomic E-state index is 11.7. The van der Waals surface area contributed by atoms with Crippen LogP contribution in [0.1, 0.15) is 5.56 Å². The van der Waals surface area contributed by atoms with E-state index in [2.05, 4.69) is 4.98 Å². The van der Waals surface area contributed by atoms with Crippen molar-refractivity contribution < 1.29 is 9.66 Å². The number of hydrogen-bond acceptors (Lipinski definition) is 5. The quantitative estimate of drug-likeness (QED) is 0.518. The second kappa shape index (κ2) is 5.80. The summed E-state index contributed by atoms with van der Waals surface area (Å²) >= 11 is 5.83. The number of ether oxygens (including phenoxy) is 1. The molecule has 1 heterocycles. The number of H-pyrrole nitrogens is 1. The van der Waals surface area contributed by atoms with Gasteiger partial charge in [0.25, 0.3) is 5.56 Å². The van der Waals surface area contributed by atoms with Crippen molar-refractivity contribution in [3.05, 3.63) is 65.9 Å². The number of nitrogens with one attached hydrogen (secondary N) is 1. The average molecular weight is 312 g/mol. The molecule has 0 saturated carbocycles. The van der Waals surface area contributed by atoms with E-state index >= 15 is 0 Å².